The number of nitrogens with one attached hydrogen (secondary N) is 1. The minimum Gasteiger partial charge on any atom is -0.355 e. The predicted octanol–water partition coefficient (Wildman–Crippen LogP) is 3.44. The Hall–Kier alpha value is -1.77. The maximum atomic E-state index is 13.4. The SMILES string of the molecule is Cc1nc(CCNC(=O)C2CCN(S(=O)(=O)c3c(C)c(C)cc(C)c3C)CC2)cs1. The first-order chi connectivity index (χ1) is 14.1. The molecule has 1 aliphatic rings. The molecule has 3 rings (SSSR count). The Morgan fingerprint density at radius 2 is 1.73 bits per heavy atom. The van der Waals surface area contributed by atoms with Gasteiger partial charge in [-0.15, -0.1) is 11.3 Å². The lowest BCUT2D eigenvalue weighted by atomic mass is 9.97. The number of amides is 1. The number of rotatable bonds is 6. The molecule has 164 valence electrons. The van der Waals surface area contributed by atoms with Crippen molar-refractivity contribution in [3.63, 3.8) is 0 Å². The van der Waals surface area contributed by atoms with Crippen LogP contribution in [0.4, 0.5) is 0 Å². The van der Waals surface area contributed by atoms with Crippen molar-refractivity contribution in [1.29, 1.82) is 0 Å². The molecule has 0 unspecified atom stereocenters. The van der Waals surface area contributed by atoms with Crippen LogP contribution in [0.2, 0.25) is 0 Å². The van der Waals surface area contributed by atoms with E-state index in [0.717, 1.165) is 33.0 Å². The van der Waals surface area contributed by atoms with Gasteiger partial charge >= 0.3 is 0 Å². The van der Waals surface area contributed by atoms with Gasteiger partial charge in [0.25, 0.3) is 0 Å². The lowest BCUT2D eigenvalue weighted by Crippen LogP contribution is -2.43. The molecule has 1 amide bonds. The molecule has 0 aliphatic carbocycles. The van der Waals surface area contributed by atoms with Gasteiger partial charge in [-0.05, 0) is 69.7 Å². The number of nitrogens with zero attached hydrogens (tertiary/aromatic N) is 2. The number of carbonyl (C=O) groups excluding carboxylic acids is 1. The highest BCUT2D eigenvalue weighted by atomic mass is 32.2. The number of benzene rings is 1. The minimum atomic E-state index is -3.57. The first kappa shape index (κ1) is 22.9. The van der Waals surface area contributed by atoms with Crippen molar-refractivity contribution in [2.24, 2.45) is 5.92 Å². The van der Waals surface area contributed by atoms with Gasteiger partial charge in [-0.1, -0.05) is 6.07 Å². The van der Waals surface area contributed by atoms with Crippen molar-refractivity contribution < 1.29 is 13.2 Å². The topological polar surface area (TPSA) is 79.4 Å². The molecule has 0 saturated carbocycles. The molecule has 1 N–H and O–H groups in total. The van der Waals surface area contributed by atoms with Crippen LogP contribution in [0.5, 0.6) is 0 Å². The minimum absolute atomic E-state index is 0.0118. The molecule has 0 bridgehead atoms. The number of aromatic nitrogens is 1. The van der Waals surface area contributed by atoms with Crippen LogP contribution in [0.3, 0.4) is 0 Å². The van der Waals surface area contributed by atoms with Crippen molar-refractivity contribution >= 4 is 27.3 Å². The van der Waals surface area contributed by atoms with Gasteiger partial charge in [-0.2, -0.15) is 4.31 Å². The normalized spacial score (nSPS) is 16.0. The number of piperidine rings is 1. The van der Waals surface area contributed by atoms with Crippen LogP contribution in [-0.4, -0.2) is 43.2 Å². The average molecular weight is 450 g/mol. The summed E-state index contributed by atoms with van der Waals surface area (Å²) in [5.41, 5.74) is 4.60. The summed E-state index contributed by atoms with van der Waals surface area (Å²) in [6, 6.07) is 2.03. The maximum absolute atomic E-state index is 13.4. The third-order valence-electron chi connectivity index (χ3n) is 6.07. The number of hydrogen-bond donors (Lipinski definition) is 1. The van der Waals surface area contributed by atoms with Crippen LogP contribution >= 0.6 is 11.3 Å². The summed E-state index contributed by atoms with van der Waals surface area (Å²) in [5, 5.41) is 6.03. The number of thiazole rings is 1. The molecule has 0 radical (unpaired) electrons. The van der Waals surface area contributed by atoms with E-state index in [1.807, 2.05) is 46.1 Å². The van der Waals surface area contributed by atoms with Gasteiger partial charge in [0.2, 0.25) is 15.9 Å². The van der Waals surface area contributed by atoms with Gasteiger partial charge in [0.1, 0.15) is 0 Å². The van der Waals surface area contributed by atoms with E-state index in [0.29, 0.717) is 43.8 Å². The van der Waals surface area contributed by atoms with Crippen LogP contribution in [-0.2, 0) is 21.2 Å². The monoisotopic (exact) mass is 449 g/mol. The molecule has 6 nitrogen and oxygen atoms in total. The van der Waals surface area contributed by atoms with Crippen molar-refractivity contribution in [2.45, 2.75) is 58.8 Å². The molecule has 1 fully saturated rings. The summed E-state index contributed by atoms with van der Waals surface area (Å²) in [4.78, 5) is 17.4. The Labute approximate surface area is 183 Å². The van der Waals surface area contributed by atoms with E-state index >= 15 is 0 Å². The Morgan fingerprint density at radius 3 is 2.27 bits per heavy atom. The van der Waals surface area contributed by atoms with Crippen molar-refractivity contribution in [3.8, 4) is 0 Å². The highest BCUT2D eigenvalue weighted by Crippen LogP contribution is 2.31. The third kappa shape index (κ3) is 4.76. The van der Waals surface area contributed by atoms with E-state index in [9.17, 15) is 13.2 Å². The summed E-state index contributed by atoms with van der Waals surface area (Å²) in [7, 11) is -3.57. The smallest absolute Gasteiger partial charge is 0.243 e. The van der Waals surface area contributed by atoms with Gasteiger partial charge in [0.05, 0.1) is 15.6 Å². The molecule has 0 atom stereocenters. The zero-order chi connectivity index (χ0) is 22.1. The Kier molecular flexibility index (Phi) is 6.99. The summed E-state index contributed by atoms with van der Waals surface area (Å²) in [6.45, 7) is 10.9. The van der Waals surface area contributed by atoms with Crippen molar-refractivity contribution in [2.75, 3.05) is 19.6 Å². The average Bonchev–Trinajstić information content (AvgIpc) is 3.11. The number of sulfonamides is 1. The molecule has 1 saturated heterocycles. The van der Waals surface area contributed by atoms with Crippen LogP contribution in [0.25, 0.3) is 0 Å². The number of carbonyl (C=O) groups is 1. The lowest BCUT2D eigenvalue weighted by Gasteiger charge is -2.31. The summed E-state index contributed by atoms with van der Waals surface area (Å²) in [5.74, 6) is -0.132. The van der Waals surface area contributed by atoms with E-state index < -0.39 is 10.0 Å². The molecule has 0 spiro atoms. The molecule has 1 aliphatic heterocycles. The summed E-state index contributed by atoms with van der Waals surface area (Å²) < 4.78 is 28.3. The highest BCUT2D eigenvalue weighted by molar-refractivity contribution is 7.89. The van der Waals surface area contributed by atoms with Gasteiger partial charge in [0.15, 0.2) is 0 Å². The van der Waals surface area contributed by atoms with Crippen LogP contribution in [0.1, 0.15) is 45.8 Å². The summed E-state index contributed by atoms with van der Waals surface area (Å²) >= 11 is 1.61. The Morgan fingerprint density at radius 1 is 1.13 bits per heavy atom. The van der Waals surface area contributed by atoms with E-state index in [1.54, 1.807) is 15.6 Å². The van der Waals surface area contributed by atoms with E-state index in [4.69, 9.17) is 0 Å². The van der Waals surface area contributed by atoms with Crippen molar-refractivity contribution in [1.82, 2.24) is 14.6 Å². The molecule has 1 aromatic heterocycles. The molecule has 2 heterocycles. The zero-order valence-electron chi connectivity index (χ0n) is 18.4. The van der Waals surface area contributed by atoms with E-state index in [-0.39, 0.29) is 11.8 Å². The number of aryl methyl sites for hydroxylation is 3. The van der Waals surface area contributed by atoms with E-state index in [2.05, 4.69) is 10.3 Å². The maximum Gasteiger partial charge on any atom is 0.243 e. The lowest BCUT2D eigenvalue weighted by molar-refractivity contribution is -0.126. The van der Waals surface area contributed by atoms with Crippen LogP contribution < -0.4 is 5.32 Å². The fourth-order valence-electron chi connectivity index (χ4n) is 4.04. The fourth-order valence-corrected chi connectivity index (χ4v) is 6.73. The molecule has 2 aromatic rings. The van der Waals surface area contributed by atoms with Crippen LogP contribution in [0.15, 0.2) is 16.3 Å². The predicted molar refractivity (Wildman–Crippen MR) is 120 cm³/mol. The Balaban J connectivity index is 1.60. The quantitative estimate of drug-likeness (QED) is 0.733. The van der Waals surface area contributed by atoms with Gasteiger partial charge < -0.3 is 5.32 Å². The second-order valence-corrected chi connectivity index (χ2v) is 11.1. The van der Waals surface area contributed by atoms with Crippen LogP contribution in [0, 0.1) is 40.5 Å². The van der Waals surface area contributed by atoms with Crippen molar-refractivity contribution in [3.05, 3.63) is 44.4 Å². The first-order valence-electron chi connectivity index (χ1n) is 10.4. The van der Waals surface area contributed by atoms with Gasteiger partial charge in [-0.25, -0.2) is 13.4 Å². The fraction of sp³-hybridized carbons (Fsp3) is 0.545. The molecule has 1 aromatic carbocycles. The first-order valence-corrected chi connectivity index (χ1v) is 12.7. The molecular formula is C22H31N3O3S2. The zero-order valence-corrected chi connectivity index (χ0v) is 20.0. The number of hydrogen-bond acceptors (Lipinski definition) is 5. The highest BCUT2D eigenvalue weighted by Gasteiger charge is 2.34. The Bertz CT molecular complexity index is 1010. The van der Waals surface area contributed by atoms with Gasteiger partial charge in [-0.3, -0.25) is 4.79 Å². The molecule has 30 heavy (non-hydrogen) atoms. The third-order valence-corrected chi connectivity index (χ3v) is 9.06. The molecular weight excluding hydrogens is 418 g/mol. The largest absolute Gasteiger partial charge is 0.355 e. The molecule has 8 heteroatoms. The second kappa shape index (κ2) is 9.16. The standard InChI is InChI=1S/C22H31N3O3S2/c1-14-12-15(2)17(4)21(16(14)3)30(27,28)25-10-7-19(8-11-25)22(26)23-9-6-20-13-29-18(5)24-20/h12-13,19H,6-11H2,1-5H3,(H,23,26). The van der Waals surface area contributed by atoms with E-state index in [1.165, 1.54) is 0 Å². The summed E-state index contributed by atoms with van der Waals surface area (Å²) in [6.07, 6.45) is 1.81. The second-order valence-electron chi connectivity index (χ2n) is 8.17. The van der Waals surface area contributed by atoms with Gasteiger partial charge in [0, 0.05) is 37.4 Å².